The molecule has 1 aromatic carbocycles. The van der Waals surface area contributed by atoms with Crippen LogP contribution in [0.5, 0.6) is 0 Å². The van der Waals surface area contributed by atoms with Crippen molar-refractivity contribution in [2.24, 2.45) is 0 Å². The number of anilines is 1. The van der Waals surface area contributed by atoms with Crippen LogP contribution in [0.15, 0.2) is 43.2 Å². The standard InChI is InChI=1S/C31H46Cl2N5O6PSi2/c1-30(2,3)46(7,8)43-25-23(16-40-45-39-14-13-22(42-45)20-15-19(32)11-12-21(20)33)41-29(26(25)44-47(9,10)31(4,5)6)38-18-37-24-27(34)35-17-36-28(24)38/h11-15,17-18,22-23,25-26,29H,16H2,1-10H3,(H2,34,35,36)/t22-,23+,25+,26+,29+,45?/m0/s1. The van der Waals surface area contributed by atoms with Crippen molar-refractivity contribution in [3.63, 3.8) is 0 Å². The Morgan fingerprint density at radius 1 is 0.957 bits per heavy atom. The number of benzene rings is 1. The maximum Gasteiger partial charge on any atom is 0.397 e. The van der Waals surface area contributed by atoms with E-state index in [1.807, 2.05) is 4.57 Å². The number of hydrogen-bond donors (Lipinski definition) is 1. The average Bonchev–Trinajstić information content (AvgIpc) is 3.54. The van der Waals surface area contributed by atoms with Crippen molar-refractivity contribution in [3.8, 4) is 0 Å². The van der Waals surface area contributed by atoms with Gasteiger partial charge in [0.25, 0.3) is 0 Å². The SMILES string of the molecule is CC(C)(C)[Si](C)(C)O[C@@H]1[C@H](O[Si](C)(C)C(C)(C)C)[C@@H](COP2OC=C[C@@H](c3cc(Cl)ccc3Cl)O2)O[C@H]1n1cnc2c(N)ncnc21. The number of fused-ring (bicyclic) bond motifs is 1. The molecule has 258 valence electrons. The lowest BCUT2D eigenvalue weighted by molar-refractivity contribution is -0.0480. The number of aromatic nitrogens is 4. The van der Waals surface area contributed by atoms with Gasteiger partial charge in [0.1, 0.15) is 36.3 Å². The van der Waals surface area contributed by atoms with E-state index in [2.05, 4.69) is 82.7 Å². The first kappa shape index (κ1) is 36.6. The lowest BCUT2D eigenvalue weighted by Crippen LogP contribution is -2.54. The highest BCUT2D eigenvalue weighted by Crippen LogP contribution is 2.51. The molecule has 0 amide bonds. The maximum absolute atomic E-state index is 7.21. The number of rotatable bonds is 9. The van der Waals surface area contributed by atoms with Gasteiger partial charge in [-0.15, -0.1) is 0 Å². The zero-order chi connectivity index (χ0) is 34.5. The molecule has 4 heterocycles. The smallest absolute Gasteiger partial charge is 0.397 e. The van der Waals surface area contributed by atoms with E-state index < -0.39 is 55.9 Å². The Morgan fingerprint density at radius 2 is 1.62 bits per heavy atom. The summed E-state index contributed by atoms with van der Waals surface area (Å²) >= 11 is 12.7. The molecule has 2 aliphatic heterocycles. The summed E-state index contributed by atoms with van der Waals surface area (Å²) in [6.45, 7) is 22.3. The molecule has 11 nitrogen and oxygen atoms in total. The second-order valence-electron chi connectivity index (χ2n) is 15.0. The highest BCUT2D eigenvalue weighted by molar-refractivity contribution is 7.41. The summed E-state index contributed by atoms with van der Waals surface area (Å²) in [6.07, 6.45) is 3.78. The van der Waals surface area contributed by atoms with Gasteiger partial charge in [-0.2, -0.15) is 0 Å². The van der Waals surface area contributed by atoms with Crippen LogP contribution in [0.3, 0.4) is 0 Å². The van der Waals surface area contributed by atoms with Gasteiger partial charge in [-0.1, -0.05) is 64.7 Å². The Bertz CT molecular complexity index is 1620. The first-order valence-electron chi connectivity index (χ1n) is 15.6. The van der Waals surface area contributed by atoms with Crippen LogP contribution < -0.4 is 5.73 Å². The molecule has 16 heteroatoms. The Morgan fingerprint density at radius 3 is 2.28 bits per heavy atom. The van der Waals surface area contributed by atoms with Gasteiger partial charge >= 0.3 is 8.60 Å². The number of imidazole rings is 1. The van der Waals surface area contributed by atoms with E-state index in [4.69, 9.17) is 56.1 Å². The maximum atomic E-state index is 7.21. The van der Waals surface area contributed by atoms with Crippen molar-refractivity contribution in [2.45, 2.75) is 108 Å². The summed E-state index contributed by atoms with van der Waals surface area (Å²) in [5.41, 5.74) is 7.94. The number of halogens is 2. The van der Waals surface area contributed by atoms with Crippen molar-refractivity contribution in [1.29, 1.82) is 0 Å². The van der Waals surface area contributed by atoms with Crippen LogP contribution in [0, 0.1) is 0 Å². The van der Waals surface area contributed by atoms with Crippen LogP contribution in [0.4, 0.5) is 5.82 Å². The molecule has 47 heavy (non-hydrogen) atoms. The van der Waals surface area contributed by atoms with E-state index in [9.17, 15) is 0 Å². The molecule has 6 atom stereocenters. The number of hydrogen-bond acceptors (Lipinski definition) is 10. The normalized spacial score (nSPS) is 25.8. The van der Waals surface area contributed by atoms with Crippen molar-refractivity contribution in [3.05, 3.63) is 58.8 Å². The van der Waals surface area contributed by atoms with E-state index >= 15 is 0 Å². The molecule has 1 saturated heterocycles. The van der Waals surface area contributed by atoms with Crippen LogP contribution in [0.1, 0.15) is 59.4 Å². The molecule has 0 bridgehead atoms. The summed E-state index contributed by atoms with van der Waals surface area (Å²) in [6, 6.07) is 5.25. The minimum Gasteiger partial charge on any atom is -0.435 e. The Hall–Kier alpha value is -1.65. The van der Waals surface area contributed by atoms with Crippen molar-refractivity contribution in [1.82, 2.24) is 19.5 Å². The lowest BCUT2D eigenvalue weighted by Gasteiger charge is -2.44. The molecule has 2 aromatic heterocycles. The Kier molecular flexibility index (Phi) is 10.6. The number of ether oxygens (including phenoxy) is 1. The molecule has 0 saturated carbocycles. The summed E-state index contributed by atoms with van der Waals surface area (Å²) in [7, 11) is -6.52. The van der Waals surface area contributed by atoms with Crippen LogP contribution in [-0.2, 0) is 27.2 Å². The number of nitrogens with two attached hydrogens (primary N) is 1. The molecule has 0 radical (unpaired) electrons. The van der Waals surface area contributed by atoms with Gasteiger partial charge < -0.3 is 23.8 Å². The van der Waals surface area contributed by atoms with E-state index in [0.29, 0.717) is 27.0 Å². The molecular formula is C31H46Cl2N5O6PSi2. The summed E-state index contributed by atoms with van der Waals surface area (Å²) < 4.78 is 41.4. The molecule has 3 aromatic rings. The van der Waals surface area contributed by atoms with Crippen molar-refractivity contribution < 1.29 is 27.2 Å². The third kappa shape index (κ3) is 7.75. The molecular weight excluding hydrogens is 696 g/mol. The minimum atomic E-state index is -2.36. The molecule has 0 spiro atoms. The summed E-state index contributed by atoms with van der Waals surface area (Å²) in [4.78, 5) is 13.2. The fourth-order valence-electron chi connectivity index (χ4n) is 4.82. The molecule has 2 N–H and O–H groups in total. The van der Waals surface area contributed by atoms with Crippen LogP contribution in [0.25, 0.3) is 11.2 Å². The van der Waals surface area contributed by atoms with Crippen molar-refractivity contribution in [2.75, 3.05) is 12.3 Å². The third-order valence-corrected chi connectivity index (χ3v) is 20.2. The van der Waals surface area contributed by atoms with Gasteiger partial charge in [0.15, 0.2) is 34.3 Å². The first-order valence-corrected chi connectivity index (χ1v) is 23.3. The van der Waals surface area contributed by atoms with Gasteiger partial charge in [0.05, 0.1) is 19.2 Å². The van der Waals surface area contributed by atoms with Gasteiger partial charge in [-0.3, -0.25) is 13.6 Å². The van der Waals surface area contributed by atoms with E-state index in [1.165, 1.54) is 6.33 Å². The monoisotopic (exact) mass is 741 g/mol. The van der Waals surface area contributed by atoms with Crippen LogP contribution >= 0.6 is 31.8 Å². The zero-order valence-corrected chi connectivity index (χ0v) is 33.1. The predicted octanol–water partition coefficient (Wildman–Crippen LogP) is 8.94. The van der Waals surface area contributed by atoms with Gasteiger partial charge in [0.2, 0.25) is 0 Å². The highest BCUT2D eigenvalue weighted by Gasteiger charge is 2.55. The first-order chi connectivity index (χ1) is 21.8. The number of nitrogens with zero attached hydrogens (tertiary/aromatic N) is 4. The largest absolute Gasteiger partial charge is 0.435 e. The van der Waals surface area contributed by atoms with E-state index in [-0.39, 0.29) is 16.7 Å². The summed E-state index contributed by atoms with van der Waals surface area (Å²) in [5, 5.41) is 0.942. The second kappa shape index (κ2) is 13.6. The van der Waals surface area contributed by atoms with Crippen LogP contribution in [-0.4, -0.2) is 61.1 Å². The zero-order valence-electron chi connectivity index (χ0n) is 28.7. The van der Waals surface area contributed by atoms with Crippen LogP contribution in [0.2, 0.25) is 46.3 Å². The van der Waals surface area contributed by atoms with Gasteiger partial charge in [-0.25, -0.2) is 15.0 Å². The second-order valence-corrected chi connectivity index (χ2v) is 26.5. The van der Waals surface area contributed by atoms with Gasteiger partial charge in [0, 0.05) is 15.6 Å². The molecule has 1 unspecified atom stereocenters. The molecule has 5 rings (SSSR count). The van der Waals surface area contributed by atoms with E-state index in [1.54, 1.807) is 36.9 Å². The fraction of sp³-hybridized carbons (Fsp3) is 0.581. The van der Waals surface area contributed by atoms with Gasteiger partial charge in [-0.05, 0) is 60.5 Å². The number of nitrogen functional groups attached to an aromatic ring is 1. The fourth-order valence-corrected chi connectivity index (χ4v) is 8.81. The lowest BCUT2D eigenvalue weighted by atomic mass is 10.1. The Balaban J connectivity index is 1.49. The Labute approximate surface area is 290 Å². The predicted molar refractivity (Wildman–Crippen MR) is 191 cm³/mol. The molecule has 0 aliphatic carbocycles. The summed E-state index contributed by atoms with van der Waals surface area (Å²) in [5.74, 6) is 0.291. The highest BCUT2D eigenvalue weighted by atomic mass is 35.5. The van der Waals surface area contributed by atoms with E-state index in [0.717, 1.165) is 5.56 Å². The third-order valence-electron chi connectivity index (χ3n) is 9.63. The average molecular weight is 743 g/mol. The topological polar surface area (TPSA) is 125 Å². The quantitative estimate of drug-likeness (QED) is 0.168. The molecule has 1 fully saturated rings. The molecule has 2 aliphatic rings. The minimum absolute atomic E-state index is 0.0741. The van der Waals surface area contributed by atoms with Crippen molar-refractivity contribution >= 4 is 65.4 Å².